The monoisotopic (exact) mass is 358 g/mol. The third kappa shape index (κ3) is 4.49. The molecule has 9 heteroatoms. The zero-order valence-electron chi connectivity index (χ0n) is 14.0. The number of nitrogens with one attached hydrogen (secondary N) is 2. The number of hydrogen-bond donors (Lipinski definition) is 2. The molecule has 0 saturated carbocycles. The minimum absolute atomic E-state index is 0.161. The second kappa shape index (κ2) is 8.00. The maximum Gasteiger partial charge on any atom is 0.214 e. The van der Waals surface area contributed by atoms with Gasteiger partial charge in [-0.2, -0.15) is 0 Å². The van der Waals surface area contributed by atoms with Gasteiger partial charge < -0.3 is 15.1 Å². The van der Waals surface area contributed by atoms with E-state index >= 15 is 0 Å². The summed E-state index contributed by atoms with van der Waals surface area (Å²) in [7, 11) is 0. The van der Waals surface area contributed by atoms with Gasteiger partial charge in [-0.1, -0.05) is 0 Å². The summed E-state index contributed by atoms with van der Waals surface area (Å²) in [6.07, 6.45) is 0. The summed E-state index contributed by atoms with van der Waals surface area (Å²) in [6, 6.07) is 0.161. The smallest absolute Gasteiger partial charge is 0.214 e. The fraction of sp³-hybridized carbons (Fsp3) is 0.375. The van der Waals surface area contributed by atoms with Crippen molar-refractivity contribution in [3.05, 3.63) is 52.2 Å². The minimum Gasteiger partial charge on any atom is -0.444 e. The van der Waals surface area contributed by atoms with Crippen molar-refractivity contribution in [3.8, 4) is 0 Å². The average Bonchev–Trinajstić information content (AvgIpc) is 2.88. The fourth-order valence-corrected chi connectivity index (χ4v) is 2.04. The molecule has 0 radical (unpaired) electrons. The molecule has 0 saturated heterocycles. The van der Waals surface area contributed by atoms with Crippen LogP contribution in [0.15, 0.2) is 15.5 Å². The lowest BCUT2D eigenvalue weighted by Crippen LogP contribution is -2.37. The van der Waals surface area contributed by atoms with Crippen LogP contribution in [0.25, 0.3) is 0 Å². The Kier molecular flexibility index (Phi) is 6.00. The van der Waals surface area contributed by atoms with Gasteiger partial charge in [0.2, 0.25) is 5.89 Å². The van der Waals surface area contributed by atoms with E-state index in [-0.39, 0.29) is 18.6 Å². The fourth-order valence-electron chi connectivity index (χ4n) is 2.04. The molecule has 0 atom stereocenters. The molecule has 2 N–H and O–H groups in total. The van der Waals surface area contributed by atoms with Gasteiger partial charge in [-0.3, -0.25) is 0 Å². The number of hydrogen-bond acceptors (Lipinski definition) is 3. The highest BCUT2D eigenvalue weighted by Gasteiger charge is 2.18. The van der Waals surface area contributed by atoms with Crippen molar-refractivity contribution in [1.82, 2.24) is 15.6 Å². The van der Waals surface area contributed by atoms with Crippen molar-refractivity contribution < 1.29 is 22.0 Å². The van der Waals surface area contributed by atoms with E-state index in [0.717, 1.165) is 5.69 Å². The number of nitrogens with zero attached hydrogens (tertiary/aromatic N) is 2. The van der Waals surface area contributed by atoms with E-state index in [9.17, 15) is 17.6 Å². The van der Waals surface area contributed by atoms with E-state index in [4.69, 9.17) is 4.42 Å². The summed E-state index contributed by atoms with van der Waals surface area (Å²) < 4.78 is 59.2. The molecule has 0 aliphatic heterocycles. The van der Waals surface area contributed by atoms with Crippen LogP contribution in [0.1, 0.15) is 29.8 Å². The molecule has 1 aromatic heterocycles. The van der Waals surface area contributed by atoms with Crippen molar-refractivity contribution in [3.63, 3.8) is 0 Å². The first-order valence-corrected chi connectivity index (χ1v) is 7.60. The van der Waals surface area contributed by atoms with Crippen LogP contribution in [-0.4, -0.2) is 17.5 Å². The first kappa shape index (κ1) is 18.8. The number of halogens is 4. The van der Waals surface area contributed by atoms with Crippen molar-refractivity contribution in [2.24, 2.45) is 4.99 Å². The molecular formula is C16H18F4N4O. The SMILES string of the molecule is CCNC(=NCc1c(F)c(F)cc(F)c1F)NCc1nc(C)c(C)o1. The molecule has 2 rings (SSSR count). The Bertz CT molecular complexity index is 743. The van der Waals surface area contributed by atoms with Crippen LogP contribution in [0.4, 0.5) is 17.6 Å². The van der Waals surface area contributed by atoms with E-state index in [1.54, 1.807) is 20.8 Å². The summed E-state index contributed by atoms with van der Waals surface area (Å²) in [5.41, 5.74) is -0.0318. The molecule has 5 nitrogen and oxygen atoms in total. The zero-order chi connectivity index (χ0) is 18.6. The molecule has 0 spiro atoms. The lowest BCUT2D eigenvalue weighted by Gasteiger charge is -2.10. The van der Waals surface area contributed by atoms with Crippen LogP contribution >= 0.6 is 0 Å². The predicted molar refractivity (Wildman–Crippen MR) is 83.9 cm³/mol. The number of rotatable bonds is 5. The lowest BCUT2D eigenvalue weighted by molar-refractivity contribution is 0.439. The Hall–Kier alpha value is -2.58. The topological polar surface area (TPSA) is 62.5 Å². The van der Waals surface area contributed by atoms with Crippen molar-refractivity contribution >= 4 is 5.96 Å². The highest BCUT2D eigenvalue weighted by molar-refractivity contribution is 5.79. The maximum absolute atomic E-state index is 13.7. The van der Waals surface area contributed by atoms with Crippen LogP contribution < -0.4 is 10.6 Å². The Morgan fingerprint density at radius 1 is 1.12 bits per heavy atom. The number of benzene rings is 1. The number of aromatic nitrogens is 1. The van der Waals surface area contributed by atoms with Gasteiger partial charge in [-0.25, -0.2) is 27.5 Å². The second-order valence-electron chi connectivity index (χ2n) is 5.24. The molecule has 0 bridgehead atoms. The number of aryl methyl sites for hydroxylation is 2. The average molecular weight is 358 g/mol. The zero-order valence-corrected chi connectivity index (χ0v) is 14.0. The Morgan fingerprint density at radius 2 is 1.76 bits per heavy atom. The van der Waals surface area contributed by atoms with Gasteiger partial charge in [-0.15, -0.1) is 0 Å². The Balaban J connectivity index is 2.14. The van der Waals surface area contributed by atoms with Crippen molar-refractivity contribution in [2.45, 2.75) is 33.9 Å². The molecule has 0 aliphatic rings. The van der Waals surface area contributed by atoms with Gasteiger partial charge in [0.25, 0.3) is 0 Å². The van der Waals surface area contributed by atoms with Crippen molar-refractivity contribution in [1.29, 1.82) is 0 Å². The van der Waals surface area contributed by atoms with Crippen LogP contribution in [-0.2, 0) is 13.1 Å². The third-order valence-electron chi connectivity index (χ3n) is 3.42. The van der Waals surface area contributed by atoms with Crippen LogP contribution in [0.5, 0.6) is 0 Å². The molecule has 0 unspecified atom stereocenters. The third-order valence-corrected chi connectivity index (χ3v) is 3.42. The van der Waals surface area contributed by atoms with Gasteiger partial charge in [-0.05, 0) is 20.8 Å². The molecule has 1 heterocycles. The van der Waals surface area contributed by atoms with Gasteiger partial charge in [0.15, 0.2) is 29.2 Å². The quantitative estimate of drug-likeness (QED) is 0.373. The van der Waals surface area contributed by atoms with E-state index in [2.05, 4.69) is 20.6 Å². The van der Waals surface area contributed by atoms with E-state index < -0.39 is 35.4 Å². The Morgan fingerprint density at radius 3 is 2.28 bits per heavy atom. The summed E-state index contributed by atoms with van der Waals surface area (Å²) in [4.78, 5) is 8.12. The molecule has 25 heavy (non-hydrogen) atoms. The van der Waals surface area contributed by atoms with E-state index in [0.29, 0.717) is 18.2 Å². The highest BCUT2D eigenvalue weighted by atomic mass is 19.2. The standard InChI is InChI=1S/C16H18F4N4O/c1-4-21-16(23-7-13-24-8(2)9(3)25-13)22-6-10-14(19)11(17)5-12(18)15(10)20/h5H,4,6-7H2,1-3H3,(H2,21,22,23). The molecule has 0 fully saturated rings. The Labute approximate surface area is 142 Å². The molecule has 0 amide bonds. The normalized spacial score (nSPS) is 11.7. The first-order chi connectivity index (χ1) is 11.8. The lowest BCUT2D eigenvalue weighted by atomic mass is 10.2. The summed E-state index contributed by atoms with van der Waals surface area (Å²) >= 11 is 0. The summed E-state index contributed by atoms with van der Waals surface area (Å²) in [6.45, 7) is 5.44. The summed E-state index contributed by atoms with van der Waals surface area (Å²) in [5, 5.41) is 5.72. The van der Waals surface area contributed by atoms with Gasteiger partial charge in [0.05, 0.1) is 24.3 Å². The largest absolute Gasteiger partial charge is 0.444 e. The molecule has 1 aromatic carbocycles. The van der Waals surface area contributed by atoms with Crippen molar-refractivity contribution in [2.75, 3.05) is 6.54 Å². The number of oxazole rings is 1. The van der Waals surface area contributed by atoms with Gasteiger partial charge in [0.1, 0.15) is 5.76 Å². The first-order valence-electron chi connectivity index (χ1n) is 7.60. The molecular weight excluding hydrogens is 340 g/mol. The second-order valence-corrected chi connectivity index (χ2v) is 5.24. The maximum atomic E-state index is 13.7. The number of guanidine groups is 1. The number of aliphatic imine (C=N–C) groups is 1. The van der Waals surface area contributed by atoms with Gasteiger partial charge >= 0.3 is 0 Å². The predicted octanol–water partition coefficient (Wildman–Crippen LogP) is 3.10. The minimum atomic E-state index is -1.47. The summed E-state index contributed by atoms with van der Waals surface area (Å²) in [5.74, 6) is -4.57. The highest BCUT2D eigenvalue weighted by Crippen LogP contribution is 2.20. The molecule has 0 aliphatic carbocycles. The van der Waals surface area contributed by atoms with E-state index in [1.165, 1.54) is 0 Å². The van der Waals surface area contributed by atoms with Gasteiger partial charge in [0, 0.05) is 12.6 Å². The van der Waals surface area contributed by atoms with Crippen LogP contribution in [0, 0.1) is 37.1 Å². The van der Waals surface area contributed by atoms with Crippen LogP contribution in [0.3, 0.4) is 0 Å². The molecule has 136 valence electrons. The molecule has 2 aromatic rings. The van der Waals surface area contributed by atoms with E-state index in [1.807, 2.05) is 0 Å². The van der Waals surface area contributed by atoms with Crippen LogP contribution in [0.2, 0.25) is 0 Å².